The number of hydrogen-bond acceptors (Lipinski definition) is 6. The molecular formula is C14H22N4O2S. The lowest BCUT2D eigenvalue weighted by atomic mass is 9.95. The molecule has 0 saturated heterocycles. The molecule has 7 heteroatoms. The van der Waals surface area contributed by atoms with Gasteiger partial charge in [-0.3, -0.25) is 10.1 Å². The second kappa shape index (κ2) is 7.49. The molecule has 1 saturated carbocycles. The predicted octanol–water partition coefficient (Wildman–Crippen LogP) is 3.51. The van der Waals surface area contributed by atoms with Gasteiger partial charge in [-0.1, -0.05) is 6.42 Å². The SMILES string of the molecule is CCNc1ccc([N+](=O)[O-])c(NC2CCCC(SC)C2)n1. The van der Waals surface area contributed by atoms with Crippen molar-refractivity contribution in [2.45, 2.75) is 43.9 Å². The van der Waals surface area contributed by atoms with E-state index in [1.54, 1.807) is 6.07 Å². The van der Waals surface area contributed by atoms with Gasteiger partial charge in [-0.25, -0.2) is 4.98 Å². The lowest BCUT2D eigenvalue weighted by Crippen LogP contribution is -2.29. The highest BCUT2D eigenvalue weighted by Gasteiger charge is 2.24. The molecule has 2 atom stereocenters. The summed E-state index contributed by atoms with van der Waals surface area (Å²) in [5.74, 6) is 1.05. The fourth-order valence-electron chi connectivity index (χ4n) is 2.67. The third-order valence-corrected chi connectivity index (χ3v) is 4.82. The van der Waals surface area contributed by atoms with Crippen LogP contribution in [0.1, 0.15) is 32.6 Å². The van der Waals surface area contributed by atoms with Gasteiger partial charge in [0.15, 0.2) is 0 Å². The molecule has 2 N–H and O–H groups in total. The zero-order valence-corrected chi connectivity index (χ0v) is 13.3. The van der Waals surface area contributed by atoms with Gasteiger partial charge >= 0.3 is 5.69 Å². The van der Waals surface area contributed by atoms with E-state index in [2.05, 4.69) is 21.9 Å². The van der Waals surface area contributed by atoms with Crippen LogP contribution in [0.25, 0.3) is 0 Å². The molecule has 0 aliphatic heterocycles. The fourth-order valence-corrected chi connectivity index (χ4v) is 3.50. The van der Waals surface area contributed by atoms with Gasteiger partial charge in [-0.15, -0.1) is 0 Å². The van der Waals surface area contributed by atoms with Crippen molar-refractivity contribution in [1.82, 2.24) is 4.98 Å². The Kier molecular flexibility index (Phi) is 5.67. The average Bonchev–Trinajstić information content (AvgIpc) is 2.48. The monoisotopic (exact) mass is 310 g/mol. The summed E-state index contributed by atoms with van der Waals surface area (Å²) in [6, 6.07) is 3.43. The summed E-state index contributed by atoms with van der Waals surface area (Å²) in [6.07, 6.45) is 6.59. The number of thioether (sulfide) groups is 1. The third kappa shape index (κ3) is 4.23. The van der Waals surface area contributed by atoms with Crippen LogP contribution in [0.3, 0.4) is 0 Å². The minimum absolute atomic E-state index is 0.0444. The van der Waals surface area contributed by atoms with Gasteiger partial charge in [-0.05, 0) is 38.5 Å². The Bertz CT molecular complexity index is 498. The number of aromatic nitrogens is 1. The number of rotatable bonds is 6. The summed E-state index contributed by atoms with van der Waals surface area (Å²) in [5, 5.41) is 18.2. The zero-order chi connectivity index (χ0) is 15.2. The van der Waals surface area contributed by atoms with Crippen LogP contribution in [0, 0.1) is 10.1 Å². The van der Waals surface area contributed by atoms with E-state index in [9.17, 15) is 10.1 Å². The maximum absolute atomic E-state index is 11.2. The largest absolute Gasteiger partial charge is 0.370 e. The normalized spacial score (nSPS) is 21.8. The Balaban J connectivity index is 2.16. The number of nitrogens with zero attached hydrogens (tertiary/aromatic N) is 2. The van der Waals surface area contributed by atoms with Gasteiger partial charge in [0.2, 0.25) is 5.82 Å². The first-order valence-electron chi connectivity index (χ1n) is 7.32. The summed E-state index contributed by atoms with van der Waals surface area (Å²) in [7, 11) is 0. The maximum Gasteiger partial charge on any atom is 0.311 e. The number of nitrogens with one attached hydrogen (secondary N) is 2. The summed E-state index contributed by atoms with van der Waals surface area (Å²) in [6.45, 7) is 2.71. The minimum atomic E-state index is -0.375. The second-order valence-corrected chi connectivity index (χ2v) is 6.36. The summed E-state index contributed by atoms with van der Waals surface area (Å²) < 4.78 is 0. The van der Waals surface area contributed by atoms with Crippen LogP contribution in [0.15, 0.2) is 12.1 Å². The van der Waals surface area contributed by atoms with E-state index in [1.165, 1.54) is 12.5 Å². The van der Waals surface area contributed by atoms with Crippen LogP contribution in [0.4, 0.5) is 17.3 Å². The van der Waals surface area contributed by atoms with Gasteiger partial charge in [0.1, 0.15) is 5.82 Å². The van der Waals surface area contributed by atoms with Crippen molar-refractivity contribution in [3.63, 3.8) is 0 Å². The Hall–Kier alpha value is -1.50. The molecule has 21 heavy (non-hydrogen) atoms. The first kappa shape index (κ1) is 15.9. The van der Waals surface area contributed by atoms with Crippen LogP contribution < -0.4 is 10.6 Å². The van der Waals surface area contributed by atoms with Crippen molar-refractivity contribution in [3.05, 3.63) is 22.2 Å². The van der Waals surface area contributed by atoms with Crippen LogP contribution in [0.2, 0.25) is 0 Å². The van der Waals surface area contributed by atoms with Crippen molar-refractivity contribution in [1.29, 1.82) is 0 Å². The second-order valence-electron chi connectivity index (χ2n) is 5.22. The Morgan fingerprint density at radius 3 is 2.95 bits per heavy atom. The summed E-state index contributed by atoms with van der Waals surface area (Å²) >= 11 is 1.88. The molecular weight excluding hydrogens is 288 g/mol. The molecule has 1 aliphatic rings. The summed E-state index contributed by atoms with van der Waals surface area (Å²) in [4.78, 5) is 15.1. The van der Waals surface area contributed by atoms with Crippen LogP contribution in [0.5, 0.6) is 0 Å². The smallest absolute Gasteiger partial charge is 0.311 e. The molecule has 1 fully saturated rings. The first-order valence-corrected chi connectivity index (χ1v) is 8.61. The Morgan fingerprint density at radius 2 is 2.29 bits per heavy atom. The van der Waals surface area contributed by atoms with Gasteiger partial charge in [0.05, 0.1) is 4.92 Å². The molecule has 6 nitrogen and oxygen atoms in total. The highest BCUT2D eigenvalue weighted by Crippen LogP contribution is 2.31. The van der Waals surface area contributed by atoms with Crippen LogP contribution in [-0.2, 0) is 0 Å². The van der Waals surface area contributed by atoms with E-state index >= 15 is 0 Å². The standard InChI is InChI=1S/C14H22N4O2S/c1-3-15-13-8-7-12(18(19)20)14(17-13)16-10-5-4-6-11(9-10)21-2/h7-8,10-11H,3-6,9H2,1-2H3,(H2,15,16,17). The van der Waals surface area contributed by atoms with Crippen molar-refractivity contribution in [2.75, 3.05) is 23.4 Å². The predicted molar refractivity (Wildman–Crippen MR) is 88.2 cm³/mol. The lowest BCUT2D eigenvalue weighted by Gasteiger charge is -2.28. The number of anilines is 2. The van der Waals surface area contributed by atoms with Crippen molar-refractivity contribution in [3.8, 4) is 0 Å². The number of pyridine rings is 1. The Labute approximate surface area is 129 Å². The molecule has 1 heterocycles. The lowest BCUT2D eigenvalue weighted by molar-refractivity contribution is -0.384. The highest BCUT2D eigenvalue weighted by atomic mass is 32.2. The molecule has 0 spiro atoms. The fraction of sp³-hybridized carbons (Fsp3) is 0.643. The molecule has 1 aromatic rings. The van der Waals surface area contributed by atoms with E-state index < -0.39 is 0 Å². The van der Waals surface area contributed by atoms with Gasteiger partial charge in [0, 0.05) is 23.9 Å². The van der Waals surface area contributed by atoms with Crippen molar-refractivity contribution >= 4 is 29.1 Å². The van der Waals surface area contributed by atoms with Crippen LogP contribution in [-0.4, -0.2) is 34.0 Å². The topological polar surface area (TPSA) is 80.1 Å². The molecule has 0 amide bonds. The van der Waals surface area contributed by atoms with E-state index in [-0.39, 0.29) is 16.7 Å². The third-order valence-electron chi connectivity index (χ3n) is 3.73. The molecule has 116 valence electrons. The van der Waals surface area contributed by atoms with E-state index in [1.807, 2.05) is 18.7 Å². The van der Waals surface area contributed by atoms with Gasteiger partial charge in [-0.2, -0.15) is 11.8 Å². The highest BCUT2D eigenvalue weighted by molar-refractivity contribution is 7.99. The molecule has 0 bridgehead atoms. The van der Waals surface area contributed by atoms with Crippen LogP contribution >= 0.6 is 11.8 Å². The van der Waals surface area contributed by atoms with Crippen molar-refractivity contribution < 1.29 is 4.92 Å². The quantitative estimate of drug-likeness (QED) is 0.618. The minimum Gasteiger partial charge on any atom is -0.370 e. The molecule has 0 radical (unpaired) electrons. The molecule has 1 aliphatic carbocycles. The Morgan fingerprint density at radius 1 is 1.48 bits per heavy atom. The zero-order valence-electron chi connectivity index (χ0n) is 12.5. The molecule has 2 rings (SSSR count). The molecule has 1 aromatic heterocycles. The number of hydrogen-bond donors (Lipinski definition) is 2. The average molecular weight is 310 g/mol. The maximum atomic E-state index is 11.2. The van der Waals surface area contributed by atoms with Crippen molar-refractivity contribution in [2.24, 2.45) is 0 Å². The van der Waals surface area contributed by atoms with E-state index in [4.69, 9.17) is 0 Å². The first-order chi connectivity index (χ1) is 10.1. The van der Waals surface area contributed by atoms with E-state index in [0.717, 1.165) is 25.8 Å². The molecule has 2 unspecified atom stereocenters. The summed E-state index contributed by atoms with van der Waals surface area (Å²) in [5.41, 5.74) is 0.0444. The van der Waals surface area contributed by atoms with Gasteiger partial charge < -0.3 is 10.6 Å². The molecule has 0 aromatic carbocycles. The van der Waals surface area contributed by atoms with Gasteiger partial charge in [0.25, 0.3) is 0 Å². The van der Waals surface area contributed by atoms with E-state index in [0.29, 0.717) is 16.9 Å². The number of nitro groups is 1.